The lowest BCUT2D eigenvalue weighted by molar-refractivity contribution is -0.383. The van der Waals surface area contributed by atoms with Gasteiger partial charge >= 0.3 is 0 Å². The van der Waals surface area contributed by atoms with Crippen LogP contribution in [0.1, 0.15) is 37.7 Å². The molecule has 1 aromatic carbocycles. The zero-order valence-electron chi connectivity index (χ0n) is 11.6. The highest BCUT2D eigenvalue weighted by Gasteiger charge is 2.34. The molecule has 1 saturated carbocycles. The third kappa shape index (κ3) is 2.50. The van der Waals surface area contributed by atoms with E-state index in [0.29, 0.717) is 6.04 Å². The van der Waals surface area contributed by atoms with E-state index in [9.17, 15) is 10.1 Å². The molecule has 1 heterocycles. The minimum atomic E-state index is -0.424. The molecule has 2 N–H and O–H groups in total. The number of likely N-dealkylation sites (tertiary alicyclic amines) is 1. The molecule has 0 bridgehead atoms. The van der Waals surface area contributed by atoms with Gasteiger partial charge in [-0.2, -0.15) is 0 Å². The number of hydrogen-bond acceptors (Lipinski definition) is 4. The molecular formula is C15H21N3O2. The van der Waals surface area contributed by atoms with Gasteiger partial charge in [0.15, 0.2) is 0 Å². The maximum atomic E-state index is 10.8. The minimum Gasteiger partial charge on any atom is -0.393 e. The predicted octanol–water partition coefficient (Wildman–Crippen LogP) is 2.94. The van der Waals surface area contributed by atoms with E-state index in [-0.39, 0.29) is 11.4 Å². The van der Waals surface area contributed by atoms with Gasteiger partial charge in [-0.15, -0.1) is 0 Å². The molecule has 1 aliphatic heterocycles. The molecule has 2 fully saturated rings. The molecule has 1 aliphatic carbocycles. The number of hydrogen-bond donors (Lipinski definition) is 1. The smallest absolute Gasteiger partial charge is 0.292 e. The lowest BCUT2D eigenvalue weighted by Gasteiger charge is -2.37. The van der Waals surface area contributed by atoms with Gasteiger partial charge in [-0.1, -0.05) is 12.5 Å². The average molecular weight is 275 g/mol. The molecule has 0 amide bonds. The van der Waals surface area contributed by atoms with E-state index in [2.05, 4.69) is 4.90 Å². The fourth-order valence-corrected chi connectivity index (χ4v) is 3.86. The van der Waals surface area contributed by atoms with E-state index in [1.54, 1.807) is 6.07 Å². The normalized spacial score (nSPS) is 26.4. The number of fused-ring (bicyclic) bond motifs is 1. The van der Waals surface area contributed by atoms with Gasteiger partial charge in [0.05, 0.1) is 4.92 Å². The van der Waals surface area contributed by atoms with Gasteiger partial charge < -0.3 is 5.73 Å². The van der Waals surface area contributed by atoms with E-state index in [1.165, 1.54) is 38.2 Å². The Hall–Kier alpha value is -1.62. The lowest BCUT2D eigenvalue weighted by atomic mass is 9.91. The molecule has 2 atom stereocenters. The second-order valence-corrected chi connectivity index (χ2v) is 6.02. The van der Waals surface area contributed by atoms with E-state index >= 15 is 0 Å². The summed E-state index contributed by atoms with van der Waals surface area (Å²) < 4.78 is 0. The Labute approximate surface area is 118 Å². The summed E-state index contributed by atoms with van der Waals surface area (Å²) in [6, 6.07) is 5.84. The van der Waals surface area contributed by atoms with Gasteiger partial charge in [0.2, 0.25) is 0 Å². The van der Waals surface area contributed by atoms with Crippen LogP contribution in [0.5, 0.6) is 0 Å². The standard InChI is InChI=1S/C15H21N3O2/c16-13-9-11(6-7-15(13)18(19)20)10-17-8-2-4-12-3-1-5-14(12)17/h6-7,9,12,14H,1-5,8,10,16H2. The molecule has 2 unspecified atom stereocenters. The fourth-order valence-electron chi connectivity index (χ4n) is 3.86. The Balaban J connectivity index is 1.74. The molecule has 2 aliphatic rings. The van der Waals surface area contributed by atoms with Crippen LogP contribution in [0.25, 0.3) is 0 Å². The van der Waals surface area contributed by atoms with Crippen molar-refractivity contribution in [2.45, 2.75) is 44.7 Å². The third-order valence-electron chi connectivity index (χ3n) is 4.78. The van der Waals surface area contributed by atoms with Crippen molar-refractivity contribution in [3.05, 3.63) is 33.9 Å². The number of nitrogens with zero attached hydrogens (tertiary/aromatic N) is 2. The predicted molar refractivity (Wildman–Crippen MR) is 78.3 cm³/mol. The molecule has 5 nitrogen and oxygen atoms in total. The molecule has 0 spiro atoms. The monoisotopic (exact) mass is 275 g/mol. The van der Waals surface area contributed by atoms with Gasteiger partial charge in [-0.3, -0.25) is 15.0 Å². The van der Waals surface area contributed by atoms with Crippen LogP contribution in [-0.2, 0) is 6.54 Å². The van der Waals surface area contributed by atoms with Crippen LogP contribution in [0.4, 0.5) is 11.4 Å². The van der Waals surface area contributed by atoms with Crippen LogP contribution < -0.4 is 5.73 Å². The van der Waals surface area contributed by atoms with Crippen molar-refractivity contribution >= 4 is 11.4 Å². The molecule has 1 aromatic rings. The minimum absolute atomic E-state index is 0.00568. The molecule has 3 rings (SSSR count). The Morgan fingerprint density at radius 1 is 1.30 bits per heavy atom. The molecule has 20 heavy (non-hydrogen) atoms. The first-order valence-electron chi connectivity index (χ1n) is 7.42. The SMILES string of the molecule is Nc1cc(CN2CCCC3CCCC32)ccc1[N+](=O)[O-]. The number of benzene rings is 1. The topological polar surface area (TPSA) is 72.4 Å². The van der Waals surface area contributed by atoms with Crippen molar-refractivity contribution in [1.29, 1.82) is 0 Å². The van der Waals surface area contributed by atoms with Crippen LogP contribution in [0.2, 0.25) is 0 Å². The largest absolute Gasteiger partial charge is 0.393 e. The van der Waals surface area contributed by atoms with Crippen LogP contribution in [0.3, 0.4) is 0 Å². The zero-order chi connectivity index (χ0) is 14.1. The summed E-state index contributed by atoms with van der Waals surface area (Å²) >= 11 is 0. The molecule has 108 valence electrons. The number of anilines is 1. The van der Waals surface area contributed by atoms with Gasteiger partial charge in [-0.05, 0) is 49.8 Å². The maximum absolute atomic E-state index is 10.8. The highest BCUT2D eigenvalue weighted by atomic mass is 16.6. The van der Waals surface area contributed by atoms with Crippen molar-refractivity contribution in [1.82, 2.24) is 4.90 Å². The number of rotatable bonds is 3. The summed E-state index contributed by atoms with van der Waals surface area (Å²) in [5, 5.41) is 10.8. The maximum Gasteiger partial charge on any atom is 0.292 e. The first-order chi connectivity index (χ1) is 9.65. The highest BCUT2D eigenvalue weighted by Crippen LogP contribution is 2.37. The Kier molecular flexibility index (Phi) is 3.61. The van der Waals surface area contributed by atoms with Crippen LogP contribution in [0, 0.1) is 16.0 Å². The second-order valence-electron chi connectivity index (χ2n) is 6.02. The fraction of sp³-hybridized carbons (Fsp3) is 0.600. The van der Waals surface area contributed by atoms with Crippen molar-refractivity contribution < 1.29 is 4.92 Å². The molecule has 0 radical (unpaired) electrons. The Bertz CT molecular complexity index is 518. The summed E-state index contributed by atoms with van der Waals surface area (Å²) in [5.41, 5.74) is 7.13. The van der Waals surface area contributed by atoms with Crippen molar-refractivity contribution in [3.63, 3.8) is 0 Å². The van der Waals surface area contributed by atoms with E-state index in [0.717, 1.165) is 24.6 Å². The summed E-state index contributed by atoms with van der Waals surface area (Å²) in [5.74, 6) is 0.860. The summed E-state index contributed by atoms with van der Waals surface area (Å²) in [6.45, 7) is 2.00. The molecular weight excluding hydrogens is 254 g/mol. The summed E-state index contributed by atoms with van der Waals surface area (Å²) in [6.07, 6.45) is 6.64. The van der Waals surface area contributed by atoms with Gasteiger partial charge in [0.25, 0.3) is 5.69 Å². The quantitative estimate of drug-likeness (QED) is 0.523. The van der Waals surface area contributed by atoms with Crippen LogP contribution >= 0.6 is 0 Å². The van der Waals surface area contributed by atoms with E-state index in [4.69, 9.17) is 5.73 Å². The average Bonchev–Trinajstić information content (AvgIpc) is 2.87. The Morgan fingerprint density at radius 3 is 2.85 bits per heavy atom. The number of nitrogen functional groups attached to an aromatic ring is 1. The number of nitro benzene ring substituents is 1. The van der Waals surface area contributed by atoms with Crippen LogP contribution in [-0.4, -0.2) is 22.4 Å². The van der Waals surface area contributed by atoms with E-state index in [1.807, 2.05) is 6.07 Å². The van der Waals surface area contributed by atoms with Crippen LogP contribution in [0.15, 0.2) is 18.2 Å². The number of nitro groups is 1. The van der Waals surface area contributed by atoms with Crippen molar-refractivity contribution in [3.8, 4) is 0 Å². The Morgan fingerprint density at radius 2 is 2.10 bits per heavy atom. The third-order valence-corrected chi connectivity index (χ3v) is 4.78. The highest BCUT2D eigenvalue weighted by molar-refractivity contribution is 5.59. The van der Waals surface area contributed by atoms with Crippen molar-refractivity contribution in [2.75, 3.05) is 12.3 Å². The number of piperidine rings is 1. The lowest BCUT2D eigenvalue weighted by Crippen LogP contribution is -2.41. The van der Waals surface area contributed by atoms with E-state index < -0.39 is 4.92 Å². The molecule has 0 aromatic heterocycles. The van der Waals surface area contributed by atoms with Gasteiger partial charge in [-0.25, -0.2) is 0 Å². The van der Waals surface area contributed by atoms with Gasteiger partial charge in [0, 0.05) is 18.7 Å². The second kappa shape index (κ2) is 5.40. The first-order valence-corrected chi connectivity index (χ1v) is 7.42. The molecule has 1 saturated heterocycles. The van der Waals surface area contributed by atoms with Gasteiger partial charge in [0.1, 0.15) is 5.69 Å². The molecule has 5 heteroatoms. The zero-order valence-corrected chi connectivity index (χ0v) is 11.6. The number of nitrogens with two attached hydrogens (primary N) is 1. The summed E-state index contributed by atoms with van der Waals surface area (Å²) in [7, 11) is 0. The van der Waals surface area contributed by atoms with Crippen molar-refractivity contribution in [2.24, 2.45) is 5.92 Å². The first kappa shape index (κ1) is 13.4. The summed E-state index contributed by atoms with van der Waals surface area (Å²) in [4.78, 5) is 12.9.